The minimum Gasteiger partial charge on any atom is -0.368 e. The lowest BCUT2D eigenvalue weighted by atomic mass is 10.1. The summed E-state index contributed by atoms with van der Waals surface area (Å²) in [6.45, 7) is 6.04. The lowest BCUT2D eigenvalue weighted by Gasteiger charge is -2.36. The van der Waals surface area contributed by atoms with Crippen LogP contribution in [0.25, 0.3) is 11.0 Å². The van der Waals surface area contributed by atoms with Crippen molar-refractivity contribution in [3.05, 3.63) is 69.1 Å². The van der Waals surface area contributed by atoms with E-state index >= 15 is 0 Å². The quantitative estimate of drug-likeness (QED) is 0.725. The van der Waals surface area contributed by atoms with Gasteiger partial charge in [-0.1, -0.05) is 6.92 Å². The summed E-state index contributed by atoms with van der Waals surface area (Å²) >= 11 is 0. The first-order chi connectivity index (χ1) is 14.6. The number of benzene rings is 1. The number of nitriles is 2. The van der Waals surface area contributed by atoms with Gasteiger partial charge in [-0.3, -0.25) is 14.7 Å². The maximum atomic E-state index is 12.1. The van der Waals surface area contributed by atoms with Crippen LogP contribution in [0.3, 0.4) is 0 Å². The summed E-state index contributed by atoms with van der Waals surface area (Å²) < 4.78 is 0. The topological polar surface area (TPSA) is 99.8 Å². The molecule has 1 aliphatic rings. The molecule has 30 heavy (non-hydrogen) atoms. The summed E-state index contributed by atoms with van der Waals surface area (Å²) in [5, 5.41) is 18.5. The highest BCUT2D eigenvalue weighted by molar-refractivity contribution is 5.74. The number of anilines is 1. The number of hydrogen-bond donors (Lipinski definition) is 1. The van der Waals surface area contributed by atoms with Crippen LogP contribution in [0.4, 0.5) is 5.69 Å². The van der Waals surface area contributed by atoms with Gasteiger partial charge in [0, 0.05) is 44.5 Å². The fraction of sp³-hybridized carbons (Fsp3) is 0.304. The Morgan fingerprint density at radius 2 is 1.90 bits per heavy atom. The van der Waals surface area contributed by atoms with Crippen molar-refractivity contribution in [1.29, 1.82) is 10.5 Å². The summed E-state index contributed by atoms with van der Waals surface area (Å²) in [4.78, 5) is 24.1. The van der Waals surface area contributed by atoms with Crippen LogP contribution < -0.4 is 10.5 Å². The van der Waals surface area contributed by atoms with Crippen LogP contribution in [0.5, 0.6) is 0 Å². The Labute approximate surface area is 174 Å². The summed E-state index contributed by atoms with van der Waals surface area (Å²) in [5.74, 6) is 0. The number of nitrogens with one attached hydrogen (secondary N) is 1. The van der Waals surface area contributed by atoms with Gasteiger partial charge in [0.05, 0.1) is 33.9 Å². The fourth-order valence-corrected chi connectivity index (χ4v) is 3.89. The zero-order valence-corrected chi connectivity index (χ0v) is 16.9. The van der Waals surface area contributed by atoms with Gasteiger partial charge in [-0.15, -0.1) is 0 Å². The predicted molar refractivity (Wildman–Crippen MR) is 115 cm³/mol. The molecule has 3 aromatic rings. The maximum Gasteiger partial charge on any atom is 0.251 e. The molecule has 0 amide bonds. The number of aromatic amines is 1. The van der Waals surface area contributed by atoms with Crippen LogP contribution in [0.15, 0.2) is 41.3 Å². The second-order valence-electron chi connectivity index (χ2n) is 7.47. The highest BCUT2D eigenvalue weighted by Gasteiger charge is 2.20. The Hall–Kier alpha value is -3.68. The van der Waals surface area contributed by atoms with E-state index in [0.717, 1.165) is 60.6 Å². The van der Waals surface area contributed by atoms with E-state index in [0.29, 0.717) is 17.5 Å². The zero-order chi connectivity index (χ0) is 21.1. The lowest BCUT2D eigenvalue weighted by Crippen LogP contribution is -2.46. The first kappa shape index (κ1) is 19.6. The van der Waals surface area contributed by atoms with E-state index in [4.69, 9.17) is 5.26 Å². The van der Waals surface area contributed by atoms with Gasteiger partial charge in [0.15, 0.2) is 0 Å². The van der Waals surface area contributed by atoms with E-state index < -0.39 is 0 Å². The standard InChI is InChI=1S/C23H22N6O/c1-2-18-11-20-21(27-23(18)30)10-17(14-26-20)15-28-5-7-29(8-6-28)22-4-3-16(12-24)9-19(22)13-25/h3-4,9-11,14H,2,5-8,15H2,1H3,(H,27,30). The van der Waals surface area contributed by atoms with Crippen molar-refractivity contribution in [1.82, 2.24) is 14.9 Å². The van der Waals surface area contributed by atoms with Gasteiger partial charge >= 0.3 is 0 Å². The van der Waals surface area contributed by atoms with Gasteiger partial charge in [-0.2, -0.15) is 10.5 Å². The lowest BCUT2D eigenvalue weighted by molar-refractivity contribution is 0.249. The summed E-state index contributed by atoms with van der Waals surface area (Å²) in [5.41, 5.74) is 5.26. The Bertz CT molecular complexity index is 1230. The number of aryl methyl sites for hydroxylation is 1. The Balaban J connectivity index is 1.45. The van der Waals surface area contributed by atoms with Crippen LogP contribution >= 0.6 is 0 Å². The molecule has 0 spiro atoms. The molecule has 1 saturated heterocycles. The van der Waals surface area contributed by atoms with E-state index in [-0.39, 0.29) is 5.56 Å². The number of rotatable bonds is 4. The van der Waals surface area contributed by atoms with E-state index in [1.165, 1.54) is 0 Å². The minimum absolute atomic E-state index is 0.0479. The van der Waals surface area contributed by atoms with Crippen molar-refractivity contribution >= 4 is 16.7 Å². The number of fused-ring (bicyclic) bond motifs is 1. The molecule has 4 rings (SSSR count). The predicted octanol–water partition coefficient (Wildman–Crippen LogP) is 2.55. The molecule has 0 bridgehead atoms. The third kappa shape index (κ3) is 3.89. The molecule has 7 heteroatoms. The average Bonchev–Trinajstić information content (AvgIpc) is 2.78. The number of hydrogen-bond acceptors (Lipinski definition) is 6. The molecular formula is C23H22N6O. The van der Waals surface area contributed by atoms with Gasteiger partial charge in [0.1, 0.15) is 6.07 Å². The highest BCUT2D eigenvalue weighted by Crippen LogP contribution is 2.23. The summed E-state index contributed by atoms with van der Waals surface area (Å²) in [7, 11) is 0. The average molecular weight is 398 g/mol. The van der Waals surface area contributed by atoms with Crippen molar-refractivity contribution in [3.8, 4) is 12.1 Å². The Kier molecular flexibility index (Phi) is 5.47. The Morgan fingerprint density at radius 1 is 1.10 bits per heavy atom. The van der Waals surface area contributed by atoms with Crippen molar-refractivity contribution < 1.29 is 0 Å². The first-order valence-electron chi connectivity index (χ1n) is 10.0. The highest BCUT2D eigenvalue weighted by atomic mass is 16.1. The van der Waals surface area contributed by atoms with E-state index in [1.54, 1.807) is 12.1 Å². The van der Waals surface area contributed by atoms with Gasteiger partial charge in [-0.05, 0) is 42.3 Å². The van der Waals surface area contributed by atoms with Gasteiger partial charge in [0.2, 0.25) is 0 Å². The van der Waals surface area contributed by atoms with Gasteiger partial charge in [-0.25, -0.2) is 0 Å². The SMILES string of the molecule is CCc1cc2ncc(CN3CCN(c4ccc(C#N)cc4C#N)CC3)cc2[nH]c1=O. The van der Waals surface area contributed by atoms with Gasteiger partial charge in [0.25, 0.3) is 5.56 Å². The van der Waals surface area contributed by atoms with Crippen LogP contribution in [-0.4, -0.2) is 41.0 Å². The monoisotopic (exact) mass is 398 g/mol. The molecule has 2 aromatic heterocycles. The van der Waals surface area contributed by atoms with E-state index in [1.807, 2.05) is 31.3 Å². The summed E-state index contributed by atoms with van der Waals surface area (Å²) in [6, 6.07) is 13.4. The number of pyridine rings is 2. The maximum absolute atomic E-state index is 12.1. The minimum atomic E-state index is -0.0479. The molecule has 0 radical (unpaired) electrons. The largest absolute Gasteiger partial charge is 0.368 e. The zero-order valence-electron chi connectivity index (χ0n) is 16.9. The number of H-pyrrole nitrogens is 1. The third-order valence-electron chi connectivity index (χ3n) is 5.57. The number of aromatic nitrogens is 2. The number of nitrogens with zero attached hydrogens (tertiary/aromatic N) is 5. The van der Waals surface area contributed by atoms with Crippen LogP contribution in [-0.2, 0) is 13.0 Å². The van der Waals surface area contributed by atoms with Crippen molar-refractivity contribution in [2.45, 2.75) is 19.9 Å². The fourth-order valence-electron chi connectivity index (χ4n) is 3.89. The van der Waals surface area contributed by atoms with Crippen molar-refractivity contribution in [2.75, 3.05) is 31.1 Å². The molecule has 0 aliphatic carbocycles. The van der Waals surface area contributed by atoms with E-state index in [2.05, 4.69) is 31.9 Å². The van der Waals surface area contributed by atoms with Crippen LogP contribution in [0, 0.1) is 22.7 Å². The summed E-state index contributed by atoms with van der Waals surface area (Å²) in [6.07, 6.45) is 2.56. The molecule has 0 saturated carbocycles. The van der Waals surface area contributed by atoms with Crippen molar-refractivity contribution in [3.63, 3.8) is 0 Å². The van der Waals surface area contributed by atoms with Crippen LogP contribution in [0.1, 0.15) is 29.2 Å². The first-order valence-corrected chi connectivity index (χ1v) is 10.0. The molecule has 1 aromatic carbocycles. The molecule has 0 unspecified atom stereocenters. The molecule has 3 heterocycles. The van der Waals surface area contributed by atoms with Crippen LogP contribution in [0.2, 0.25) is 0 Å². The third-order valence-corrected chi connectivity index (χ3v) is 5.57. The second kappa shape index (κ2) is 8.36. The number of piperazine rings is 1. The molecule has 1 fully saturated rings. The molecule has 150 valence electrons. The van der Waals surface area contributed by atoms with Crippen molar-refractivity contribution in [2.24, 2.45) is 0 Å². The Morgan fingerprint density at radius 3 is 2.60 bits per heavy atom. The molecule has 1 N–H and O–H groups in total. The smallest absolute Gasteiger partial charge is 0.251 e. The van der Waals surface area contributed by atoms with E-state index in [9.17, 15) is 10.1 Å². The molecule has 1 aliphatic heterocycles. The molecular weight excluding hydrogens is 376 g/mol. The second-order valence-corrected chi connectivity index (χ2v) is 7.47. The van der Waals surface area contributed by atoms with Gasteiger partial charge < -0.3 is 9.88 Å². The molecule has 0 atom stereocenters. The normalized spacial score (nSPS) is 14.4. The molecule has 7 nitrogen and oxygen atoms in total.